The lowest BCUT2D eigenvalue weighted by molar-refractivity contribution is -0.144. The Balaban J connectivity index is 2.05. The summed E-state index contributed by atoms with van der Waals surface area (Å²) in [6.45, 7) is 1.83. The van der Waals surface area contributed by atoms with Gasteiger partial charge in [0.1, 0.15) is 12.1 Å². The van der Waals surface area contributed by atoms with Gasteiger partial charge in [0.05, 0.1) is 0 Å². The zero-order valence-electron chi connectivity index (χ0n) is 13.6. The SMILES string of the molecule is CC[C@](Cc1ccccc1)(NC(=O)OCc1ccccc1)C(=O)O. The van der Waals surface area contributed by atoms with Crippen LogP contribution in [-0.4, -0.2) is 22.7 Å². The minimum absolute atomic E-state index is 0.0947. The van der Waals surface area contributed by atoms with Crippen LogP contribution < -0.4 is 5.32 Å². The first-order valence-corrected chi connectivity index (χ1v) is 7.82. The second-order valence-electron chi connectivity index (χ2n) is 5.59. The van der Waals surface area contributed by atoms with E-state index in [-0.39, 0.29) is 19.4 Å². The molecule has 0 aliphatic rings. The van der Waals surface area contributed by atoms with Crippen molar-refractivity contribution >= 4 is 12.1 Å². The Morgan fingerprint density at radius 2 is 1.54 bits per heavy atom. The van der Waals surface area contributed by atoms with Gasteiger partial charge >= 0.3 is 12.1 Å². The number of benzene rings is 2. The second-order valence-corrected chi connectivity index (χ2v) is 5.59. The quantitative estimate of drug-likeness (QED) is 0.817. The first-order chi connectivity index (χ1) is 11.6. The summed E-state index contributed by atoms with van der Waals surface area (Å²) < 4.78 is 5.16. The lowest BCUT2D eigenvalue weighted by Crippen LogP contribution is -2.55. The van der Waals surface area contributed by atoms with Crippen LogP contribution in [0.2, 0.25) is 0 Å². The fraction of sp³-hybridized carbons (Fsp3) is 0.263. The largest absolute Gasteiger partial charge is 0.479 e. The molecule has 0 radical (unpaired) electrons. The Labute approximate surface area is 141 Å². The Morgan fingerprint density at radius 1 is 1.00 bits per heavy atom. The third kappa shape index (κ3) is 4.59. The van der Waals surface area contributed by atoms with E-state index in [0.717, 1.165) is 11.1 Å². The summed E-state index contributed by atoms with van der Waals surface area (Å²) in [5.41, 5.74) is 0.285. The average molecular weight is 327 g/mol. The highest BCUT2D eigenvalue weighted by molar-refractivity contribution is 5.84. The van der Waals surface area contributed by atoms with Crippen molar-refractivity contribution in [3.05, 3.63) is 71.8 Å². The van der Waals surface area contributed by atoms with Crippen molar-refractivity contribution in [3.63, 3.8) is 0 Å². The van der Waals surface area contributed by atoms with Crippen LogP contribution in [0.4, 0.5) is 4.79 Å². The van der Waals surface area contributed by atoms with E-state index in [4.69, 9.17) is 4.74 Å². The predicted molar refractivity (Wildman–Crippen MR) is 90.6 cm³/mol. The monoisotopic (exact) mass is 327 g/mol. The third-order valence-corrected chi connectivity index (χ3v) is 3.92. The molecule has 0 aliphatic carbocycles. The zero-order chi connectivity index (χ0) is 17.4. The standard InChI is InChI=1S/C19H21NO4/c1-2-19(17(21)22,13-15-9-5-3-6-10-15)20-18(23)24-14-16-11-7-4-8-12-16/h3-12H,2,13-14H2,1H3,(H,20,23)(H,21,22)/t19-/m1/s1. The van der Waals surface area contributed by atoms with E-state index in [2.05, 4.69) is 5.32 Å². The van der Waals surface area contributed by atoms with Crippen molar-refractivity contribution in [2.24, 2.45) is 0 Å². The van der Waals surface area contributed by atoms with Crippen LogP contribution in [0.1, 0.15) is 24.5 Å². The number of ether oxygens (including phenoxy) is 1. The van der Waals surface area contributed by atoms with E-state index in [1.807, 2.05) is 60.7 Å². The molecule has 1 atom stereocenters. The second kappa shape index (κ2) is 8.15. The molecule has 5 heteroatoms. The summed E-state index contributed by atoms with van der Waals surface area (Å²) in [4.78, 5) is 23.9. The molecule has 0 aromatic heterocycles. The molecule has 0 saturated carbocycles. The first kappa shape index (κ1) is 17.5. The van der Waals surface area contributed by atoms with Gasteiger partial charge in [-0.2, -0.15) is 0 Å². The number of amides is 1. The maximum atomic E-state index is 12.1. The summed E-state index contributed by atoms with van der Waals surface area (Å²) in [6, 6.07) is 18.4. The number of rotatable bonds is 7. The van der Waals surface area contributed by atoms with Gasteiger partial charge in [-0.15, -0.1) is 0 Å². The minimum atomic E-state index is -1.39. The van der Waals surface area contributed by atoms with Crippen molar-refractivity contribution in [1.82, 2.24) is 5.32 Å². The lowest BCUT2D eigenvalue weighted by atomic mass is 9.88. The zero-order valence-corrected chi connectivity index (χ0v) is 13.6. The van der Waals surface area contributed by atoms with Crippen molar-refractivity contribution in [1.29, 1.82) is 0 Å². The number of carboxylic acids is 1. The molecule has 24 heavy (non-hydrogen) atoms. The van der Waals surface area contributed by atoms with E-state index in [0.29, 0.717) is 0 Å². The molecule has 2 rings (SSSR count). The number of hydrogen-bond donors (Lipinski definition) is 2. The average Bonchev–Trinajstić information content (AvgIpc) is 2.61. The number of nitrogens with one attached hydrogen (secondary N) is 1. The van der Waals surface area contributed by atoms with E-state index in [9.17, 15) is 14.7 Å². The summed E-state index contributed by atoms with van der Waals surface area (Å²) in [6.07, 6.45) is -0.295. The van der Waals surface area contributed by atoms with Crippen molar-refractivity contribution in [2.75, 3.05) is 0 Å². The molecule has 2 aromatic rings. The van der Waals surface area contributed by atoms with Gasteiger partial charge in [0.15, 0.2) is 0 Å². The maximum Gasteiger partial charge on any atom is 0.408 e. The third-order valence-electron chi connectivity index (χ3n) is 3.92. The highest BCUT2D eigenvalue weighted by atomic mass is 16.5. The van der Waals surface area contributed by atoms with E-state index in [1.54, 1.807) is 6.92 Å². The van der Waals surface area contributed by atoms with Gasteiger partial charge < -0.3 is 15.2 Å². The summed E-state index contributed by atoms with van der Waals surface area (Å²) in [5, 5.41) is 12.2. The topological polar surface area (TPSA) is 75.6 Å². The molecular weight excluding hydrogens is 306 g/mol. The minimum Gasteiger partial charge on any atom is -0.479 e. The molecule has 1 amide bonds. The van der Waals surface area contributed by atoms with Crippen LogP contribution in [0.3, 0.4) is 0 Å². The molecule has 0 heterocycles. The molecule has 2 N–H and O–H groups in total. The van der Waals surface area contributed by atoms with Crippen LogP contribution in [0.15, 0.2) is 60.7 Å². The fourth-order valence-corrected chi connectivity index (χ4v) is 2.44. The number of carbonyl (C=O) groups excluding carboxylic acids is 1. The Hall–Kier alpha value is -2.82. The molecule has 126 valence electrons. The molecule has 0 fully saturated rings. The van der Waals surface area contributed by atoms with Crippen LogP contribution in [0, 0.1) is 0 Å². The summed E-state index contributed by atoms with van der Waals surface area (Å²) >= 11 is 0. The highest BCUT2D eigenvalue weighted by Gasteiger charge is 2.39. The summed E-state index contributed by atoms with van der Waals surface area (Å²) in [5.74, 6) is -1.08. The van der Waals surface area contributed by atoms with E-state index in [1.165, 1.54) is 0 Å². The molecule has 0 saturated heterocycles. The van der Waals surface area contributed by atoms with Gasteiger partial charge in [0.25, 0.3) is 0 Å². The summed E-state index contributed by atoms with van der Waals surface area (Å²) in [7, 11) is 0. The molecule has 5 nitrogen and oxygen atoms in total. The van der Waals surface area contributed by atoms with E-state index < -0.39 is 17.6 Å². The van der Waals surface area contributed by atoms with Crippen LogP contribution in [0.25, 0.3) is 0 Å². The molecule has 0 spiro atoms. The molecule has 0 unspecified atom stereocenters. The number of hydrogen-bond acceptors (Lipinski definition) is 3. The number of carbonyl (C=O) groups is 2. The van der Waals surface area contributed by atoms with E-state index >= 15 is 0 Å². The van der Waals surface area contributed by atoms with Crippen LogP contribution >= 0.6 is 0 Å². The smallest absolute Gasteiger partial charge is 0.408 e. The van der Waals surface area contributed by atoms with Gasteiger partial charge in [-0.1, -0.05) is 67.6 Å². The Kier molecular flexibility index (Phi) is 5.95. The van der Waals surface area contributed by atoms with Gasteiger partial charge in [-0.3, -0.25) is 0 Å². The highest BCUT2D eigenvalue weighted by Crippen LogP contribution is 2.19. The molecule has 0 bridgehead atoms. The van der Waals surface area contributed by atoms with Gasteiger partial charge in [0, 0.05) is 6.42 Å². The van der Waals surface area contributed by atoms with Gasteiger partial charge in [-0.25, -0.2) is 9.59 Å². The maximum absolute atomic E-state index is 12.1. The first-order valence-electron chi connectivity index (χ1n) is 7.82. The molecule has 0 aliphatic heterocycles. The number of aliphatic carboxylic acids is 1. The normalized spacial score (nSPS) is 12.9. The fourth-order valence-electron chi connectivity index (χ4n) is 2.44. The number of alkyl carbamates (subject to hydrolysis) is 1. The predicted octanol–water partition coefficient (Wildman–Crippen LogP) is 3.39. The lowest BCUT2D eigenvalue weighted by Gasteiger charge is -2.29. The van der Waals surface area contributed by atoms with Gasteiger partial charge in [-0.05, 0) is 17.5 Å². The van der Waals surface area contributed by atoms with Crippen LogP contribution in [0.5, 0.6) is 0 Å². The van der Waals surface area contributed by atoms with Crippen LogP contribution in [-0.2, 0) is 22.6 Å². The van der Waals surface area contributed by atoms with Crippen molar-refractivity contribution < 1.29 is 19.4 Å². The Bertz CT molecular complexity index is 672. The van der Waals surface area contributed by atoms with Crippen molar-refractivity contribution in [2.45, 2.75) is 31.9 Å². The number of carboxylic acid groups (broad SMARTS) is 1. The van der Waals surface area contributed by atoms with Gasteiger partial charge in [0.2, 0.25) is 0 Å². The molecule has 2 aromatic carbocycles. The molecular formula is C19H21NO4. The van der Waals surface area contributed by atoms with Crippen molar-refractivity contribution in [3.8, 4) is 0 Å². The Morgan fingerprint density at radius 3 is 2.04 bits per heavy atom.